The Morgan fingerprint density at radius 3 is 2.86 bits per heavy atom. The van der Waals surface area contributed by atoms with Crippen molar-refractivity contribution in [3.63, 3.8) is 0 Å². The molecule has 1 saturated heterocycles. The summed E-state index contributed by atoms with van der Waals surface area (Å²) in [5.74, 6) is 1.60. The zero-order chi connectivity index (χ0) is 9.97. The molecule has 0 amide bonds. The van der Waals surface area contributed by atoms with Gasteiger partial charge in [0.1, 0.15) is 6.04 Å². The van der Waals surface area contributed by atoms with Gasteiger partial charge in [-0.15, -0.1) is 10.2 Å². The Bertz CT molecular complexity index is 292. The number of hydrogen-bond donors (Lipinski definition) is 1. The summed E-state index contributed by atoms with van der Waals surface area (Å²) in [5.41, 5.74) is 0. The average Bonchev–Trinajstić information content (AvgIpc) is 2.68. The second-order valence-corrected chi connectivity index (χ2v) is 3.71. The van der Waals surface area contributed by atoms with Gasteiger partial charge >= 0.3 is 0 Å². The van der Waals surface area contributed by atoms with Crippen molar-refractivity contribution in [3.05, 3.63) is 11.8 Å². The molecular formula is C9H15N3O2. The Morgan fingerprint density at radius 2 is 2.29 bits per heavy atom. The molecule has 0 aromatic carbocycles. The number of morpholine rings is 1. The summed E-state index contributed by atoms with van der Waals surface area (Å²) in [6, 6.07) is 0.0590. The third-order valence-electron chi connectivity index (χ3n) is 2.17. The number of rotatable bonds is 2. The maximum absolute atomic E-state index is 5.52. The predicted molar refractivity (Wildman–Crippen MR) is 49.9 cm³/mol. The van der Waals surface area contributed by atoms with E-state index in [0.29, 0.717) is 18.4 Å². The molecule has 1 aliphatic heterocycles. The lowest BCUT2D eigenvalue weighted by atomic mass is 10.2. The molecule has 0 saturated carbocycles. The molecule has 2 heterocycles. The summed E-state index contributed by atoms with van der Waals surface area (Å²) in [6.45, 7) is 6.26. The Morgan fingerprint density at radius 1 is 1.43 bits per heavy atom. The molecular weight excluding hydrogens is 182 g/mol. The highest BCUT2D eigenvalue weighted by Crippen LogP contribution is 2.18. The molecule has 5 heteroatoms. The number of aromatic nitrogens is 2. The lowest BCUT2D eigenvalue weighted by Crippen LogP contribution is -2.34. The van der Waals surface area contributed by atoms with Crippen molar-refractivity contribution in [2.75, 3.05) is 19.8 Å². The molecule has 1 atom stereocenters. The van der Waals surface area contributed by atoms with Gasteiger partial charge in [0, 0.05) is 12.5 Å². The maximum Gasteiger partial charge on any atom is 0.235 e. The molecule has 0 bridgehead atoms. The van der Waals surface area contributed by atoms with E-state index in [2.05, 4.69) is 15.5 Å². The zero-order valence-corrected chi connectivity index (χ0v) is 8.49. The van der Waals surface area contributed by atoms with Crippen molar-refractivity contribution in [1.82, 2.24) is 15.5 Å². The third kappa shape index (κ3) is 1.93. The van der Waals surface area contributed by atoms with Crippen LogP contribution >= 0.6 is 0 Å². The lowest BCUT2D eigenvalue weighted by Gasteiger charge is -2.20. The van der Waals surface area contributed by atoms with Crippen LogP contribution in [0.15, 0.2) is 4.42 Å². The van der Waals surface area contributed by atoms with E-state index in [1.54, 1.807) is 0 Å². The van der Waals surface area contributed by atoms with Crippen LogP contribution in [0.1, 0.15) is 37.6 Å². The topological polar surface area (TPSA) is 60.2 Å². The lowest BCUT2D eigenvalue weighted by molar-refractivity contribution is 0.0676. The van der Waals surface area contributed by atoms with Crippen molar-refractivity contribution in [2.24, 2.45) is 0 Å². The second kappa shape index (κ2) is 4.06. The molecule has 5 nitrogen and oxygen atoms in total. The molecule has 0 aliphatic carbocycles. The van der Waals surface area contributed by atoms with Crippen LogP contribution in [0.25, 0.3) is 0 Å². The first kappa shape index (κ1) is 9.61. The molecule has 1 aromatic heterocycles. The van der Waals surface area contributed by atoms with E-state index < -0.39 is 0 Å². The highest BCUT2D eigenvalue weighted by Gasteiger charge is 2.21. The van der Waals surface area contributed by atoms with Gasteiger partial charge in [-0.05, 0) is 0 Å². The summed E-state index contributed by atoms with van der Waals surface area (Å²) in [6.07, 6.45) is 0. The van der Waals surface area contributed by atoms with Crippen LogP contribution in [0.2, 0.25) is 0 Å². The first-order valence-electron chi connectivity index (χ1n) is 4.92. The number of ether oxygens (including phenoxy) is 1. The minimum absolute atomic E-state index is 0.0590. The van der Waals surface area contributed by atoms with Crippen LogP contribution in [0.5, 0.6) is 0 Å². The maximum atomic E-state index is 5.52. The first-order chi connectivity index (χ1) is 6.77. The Labute approximate surface area is 82.8 Å². The molecule has 0 spiro atoms. The van der Waals surface area contributed by atoms with E-state index in [-0.39, 0.29) is 12.0 Å². The van der Waals surface area contributed by atoms with Crippen molar-refractivity contribution in [2.45, 2.75) is 25.8 Å². The quantitative estimate of drug-likeness (QED) is 0.761. The molecule has 0 radical (unpaired) electrons. The molecule has 1 aliphatic rings. The molecule has 78 valence electrons. The Kier molecular flexibility index (Phi) is 2.79. The fraction of sp³-hybridized carbons (Fsp3) is 0.778. The summed E-state index contributed by atoms with van der Waals surface area (Å²) >= 11 is 0. The Hall–Kier alpha value is -0.940. The minimum atomic E-state index is 0.0590. The molecule has 0 unspecified atom stereocenters. The van der Waals surface area contributed by atoms with Crippen LogP contribution in [-0.2, 0) is 4.74 Å². The molecule has 1 fully saturated rings. The first-order valence-corrected chi connectivity index (χ1v) is 4.92. The standard InChI is InChI=1S/C9H15N3O2/c1-6(2)8-11-12-9(14-8)7-5-13-4-3-10-7/h6-7,10H,3-5H2,1-2H3/t7-/m0/s1. The van der Waals surface area contributed by atoms with Crippen LogP contribution < -0.4 is 5.32 Å². The van der Waals surface area contributed by atoms with Crippen LogP contribution in [-0.4, -0.2) is 30.0 Å². The number of nitrogens with one attached hydrogen (secondary N) is 1. The minimum Gasteiger partial charge on any atom is -0.423 e. The van der Waals surface area contributed by atoms with Crippen molar-refractivity contribution in [1.29, 1.82) is 0 Å². The fourth-order valence-corrected chi connectivity index (χ4v) is 1.34. The Balaban J connectivity index is 2.07. The summed E-state index contributed by atoms with van der Waals surface area (Å²) < 4.78 is 10.8. The largest absolute Gasteiger partial charge is 0.423 e. The van der Waals surface area contributed by atoms with Crippen LogP contribution in [0.3, 0.4) is 0 Å². The number of hydrogen-bond acceptors (Lipinski definition) is 5. The van der Waals surface area contributed by atoms with E-state index in [1.807, 2.05) is 13.8 Å². The third-order valence-corrected chi connectivity index (χ3v) is 2.17. The molecule has 1 aromatic rings. The van der Waals surface area contributed by atoms with Crippen molar-refractivity contribution in [3.8, 4) is 0 Å². The highest BCUT2D eigenvalue weighted by molar-refractivity contribution is 4.93. The van der Waals surface area contributed by atoms with E-state index >= 15 is 0 Å². The zero-order valence-electron chi connectivity index (χ0n) is 8.49. The highest BCUT2D eigenvalue weighted by atomic mass is 16.5. The molecule has 1 N–H and O–H groups in total. The van der Waals surface area contributed by atoms with Crippen LogP contribution in [0.4, 0.5) is 0 Å². The summed E-state index contributed by atoms with van der Waals surface area (Å²) in [7, 11) is 0. The van der Waals surface area contributed by atoms with E-state index in [1.165, 1.54) is 0 Å². The summed E-state index contributed by atoms with van der Waals surface area (Å²) in [5, 5.41) is 11.2. The van der Waals surface area contributed by atoms with Crippen molar-refractivity contribution < 1.29 is 9.15 Å². The average molecular weight is 197 g/mol. The molecule has 14 heavy (non-hydrogen) atoms. The predicted octanol–water partition coefficient (Wildman–Crippen LogP) is 0.854. The van der Waals surface area contributed by atoms with Gasteiger partial charge in [0.05, 0.1) is 13.2 Å². The van der Waals surface area contributed by atoms with Gasteiger partial charge in [0.2, 0.25) is 11.8 Å². The SMILES string of the molecule is CC(C)c1nnc([C@@H]2COCCN2)o1. The summed E-state index contributed by atoms with van der Waals surface area (Å²) in [4.78, 5) is 0. The van der Waals surface area contributed by atoms with Gasteiger partial charge in [-0.2, -0.15) is 0 Å². The van der Waals surface area contributed by atoms with Crippen LogP contribution in [0, 0.1) is 0 Å². The van der Waals surface area contributed by atoms with Gasteiger partial charge in [-0.3, -0.25) is 0 Å². The van der Waals surface area contributed by atoms with Gasteiger partial charge in [0.15, 0.2) is 0 Å². The van der Waals surface area contributed by atoms with Gasteiger partial charge in [-0.1, -0.05) is 13.8 Å². The van der Waals surface area contributed by atoms with E-state index in [9.17, 15) is 0 Å². The monoisotopic (exact) mass is 197 g/mol. The van der Waals surface area contributed by atoms with Crippen molar-refractivity contribution >= 4 is 0 Å². The van der Waals surface area contributed by atoms with Gasteiger partial charge < -0.3 is 14.5 Å². The van der Waals surface area contributed by atoms with Gasteiger partial charge in [-0.25, -0.2) is 0 Å². The normalized spacial score (nSPS) is 22.9. The fourth-order valence-electron chi connectivity index (χ4n) is 1.34. The smallest absolute Gasteiger partial charge is 0.235 e. The van der Waals surface area contributed by atoms with E-state index in [0.717, 1.165) is 13.2 Å². The molecule has 2 rings (SSSR count). The van der Waals surface area contributed by atoms with E-state index in [4.69, 9.17) is 9.15 Å². The number of nitrogens with zero attached hydrogens (tertiary/aromatic N) is 2. The second-order valence-electron chi connectivity index (χ2n) is 3.71. The van der Waals surface area contributed by atoms with Gasteiger partial charge in [0.25, 0.3) is 0 Å².